The quantitative estimate of drug-likeness (QED) is 0.474. The number of hydrogen-bond acceptors (Lipinski definition) is 6. The minimum atomic E-state index is -0.170. The van der Waals surface area contributed by atoms with E-state index in [1.807, 2.05) is 0 Å². The maximum atomic E-state index is 12.2. The van der Waals surface area contributed by atoms with Crippen LogP contribution in [0.15, 0.2) is 34.9 Å². The SMILES string of the molecule is Cc1cc(-c2nnc(SCC(=O)Nc3cccnc3Cl)n2C(C)C)cs1. The molecule has 0 aliphatic rings. The standard InChI is InChI=1S/C17H18ClN5OS2/c1-10(2)23-16(12-7-11(3)25-8-12)21-22-17(23)26-9-14(24)20-13-5-4-6-19-15(13)18/h4-8,10H,9H2,1-3H3,(H,20,24). The van der Waals surface area contributed by atoms with Crippen molar-refractivity contribution in [3.63, 3.8) is 0 Å². The fourth-order valence-corrected chi connectivity index (χ4v) is 4.11. The molecule has 0 atom stereocenters. The number of halogens is 1. The van der Waals surface area contributed by atoms with Gasteiger partial charge in [0.15, 0.2) is 16.1 Å². The lowest BCUT2D eigenvalue weighted by Crippen LogP contribution is -2.15. The van der Waals surface area contributed by atoms with Gasteiger partial charge in [0.1, 0.15) is 0 Å². The minimum Gasteiger partial charge on any atom is -0.323 e. The lowest BCUT2D eigenvalue weighted by atomic mass is 10.3. The Morgan fingerprint density at radius 2 is 2.23 bits per heavy atom. The van der Waals surface area contributed by atoms with Crippen molar-refractivity contribution >= 4 is 46.3 Å². The molecule has 6 nitrogen and oxygen atoms in total. The summed E-state index contributed by atoms with van der Waals surface area (Å²) in [7, 11) is 0. The van der Waals surface area contributed by atoms with Crippen LogP contribution in [0.4, 0.5) is 5.69 Å². The molecule has 3 rings (SSSR count). The van der Waals surface area contributed by atoms with Gasteiger partial charge in [-0.15, -0.1) is 21.5 Å². The van der Waals surface area contributed by atoms with E-state index < -0.39 is 0 Å². The average molecular weight is 408 g/mol. The summed E-state index contributed by atoms with van der Waals surface area (Å²) in [5.74, 6) is 0.859. The van der Waals surface area contributed by atoms with Gasteiger partial charge in [0.2, 0.25) is 5.91 Å². The van der Waals surface area contributed by atoms with Gasteiger partial charge in [-0.2, -0.15) is 0 Å². The Labute approximate surface area is 165 Å². The lowest BCUT2D eigenvalue weighted by Gasteiger charge is -2.13. The number of carbonyl (C=O) groups excluding carboxylic acids is 1. The van der Waals surface area contributed by atoms with Crippen LogP contribution < -0.4 is 5.32 Å². The van der Waals surface area contributed by atoms with Crippen LogP contribution in [0.5, 0.6) is 0 Å². The highest BCUT2D eigenvalue weighted by molar-refractivity contribution is 7.99. The van der Waals surface area contributed by atoms with Gasteiger partial charge in [0, 0.05) is 28.1 Å². The van der Waals surface area contributed by atoms with E-state index in [0.717, 1.165) is 11.4 Å². The predicted octanol–water partition coefficient (Wildman–Crippen LogP) is 4.68. The third-order valence-corrected chi connectivity index (χ3v) is 5.64. The smallest absolute Gasteiger partial charge is 0.234 e. The van der Waals surface area contributed by atoms with Gasteiger partial charge in [0.25, 0.3) is 0 Å². The highest BCUT2D eigenvalue weighted by Gasteiger charge is 2.18. The summed E-state index contributed by atoms with van der Waals surface area (Å²) >= 11 is 8.99. The second kappa shape index (κ2) is 8.20. The Morgan fingerprint density at radius 3 is 2.88 bits per heavy atom. The van der Waals surface area contributed by atoms with Crippen LogP contribution in [0.1, 0.15) is 24.8 Å². The molecule has 0 aliphatic heterocycles. The van der Waals surface area contributed by atoms with E-state index in [1.54, 1.807) is 29.7 Å². The molecular formula is C17H18ClN5OS2. The first-order valence-electron chi connectivity index (χ1n) is 7.99. The van der Waals surface area contributed by atoms with E-state index in [0.29, 0.717) is 10.8 Å². The number of amides is 1. The minimum absolute atomic E-state index is 0.170. The predicted molar refractivity (Wildman–Crippen MR) is 107 cm³/mol. The highest BCUT2D eigenvalue weighted by atomic mass is 35.5. The Morgan fingerprint density at radius 1 is 1.42 bits per heavy atom. The van der Waals surface area contributed by atoms with E-state index in [9.17, 15) is 4.79 Å². The van der Waals surface area contributed by atoms with Crippen LogP contribution in [0, 0.1) is 6.92 Å². The molecule has 0 unspecified atom stereocenters. The molecule has 0 radical (unpaired) electrons. The topological polar surface area (TPSA) is 72.7 Å². The number of nitrogens with zero attached hydrogens (tertiary/aromatic N) is 4. The largest absolute Gasteiger partial charge is 0.323 e. The molecule has 3 aromatic heterocycles. The molecule has 0 bridgehead atoms. The lowest BCUT2D eigenvalue weighted by molar-refractivity contribution is -0.113. The molecule has 3 aromatic rings. The average Bonchev–Trinajstić information content (AvgIpc) is 3.21. The van der Waals surface area contributed by atoms with E-state index in [4.69, 9.17) is 11.6 Å². The zero-order chi connectivity index (χ0) is 18.7. The van der Waals surface area contributed by atoms with Gasteiger partial charge in [-0.3, -0.25) is 9.36 Å². The Kier molecular flexibility index (Phi) is 5.95. The summed E-state index contributed by atoms with van der Waals surface area (Å²) in [6.45, 7) is 6.21. The van der Waals surface area contributed by atoms with Gasteiger partial charge < -0.3 is 5.32 Å². The first kappa shape index (κ1) is 18.9. The summed E-state index contributed by atoms with van der Waals surface area (Å²) in [6.07, 6.45) is 1.57. The number of thioether (sulfide) groups is 1. The van der Waals surface area contributed by atoms with E-state index >= 15 is 0 Å². The highest BCUT2D eigenvalue weighted by Crippen LogP contribution is 2.30. The van der Waals surface area contributed by atoms with Crippen LogP contribution in [0.2, 0.25) is 5.15 Å². The number of rotatable bonds is 6. The summed E-state index contributed by atoms with van der Waals surface area (Å²) in [5, 5.41) is 14.4. The number of hydrogen-bond donors (Lipinski definition) is 1. The molecule has 1 N–H and O–H groups in total. The second-order valence-corrected chi connectivity index (χ2v) is 8.31. The Bertz CT molecular complexity index is 922. The Hall–Kier alpha value is -1.90. The molecule has 0 aliphatic carbocycles. The molecule has 0 fully saturated rings. The molecule has 1 amide bonds. The van der Waals surface area contributed by atoms with Gasteiger partial charge in [-0.25, -0.2) is 4.98 Å². The van der Waals surface area contributed by atoms with Crippen molar-refractivity contribution in [3.8, 4) is 11.4 Å². The molecule has 0 aromatic carbocycles. The molecular weight excluding hydrogens is 390 g/mol. The van der Waals surface area contributed by atoms with Crippen LogP contribution in [0.25, 0.3) is 11.4 Å². The maximum Gasteiger partial charge on any atom is 0.234 e. The molecule has 9 heteroatoms. The summed E-state index contributed by atoms with van der Waals surface area (Å²) in [6, 6.07) is 5.71. The number of nitrogens with one attached hydrogen (secondary N) is 1. The number of aryl methyl sites for hydroxylation is 1. The Balaban J connectivity index is 1.73. The molecule has 0 spiro atoms. The molecule has 0 saturated carbocycles. The maximum absolute atomic E-state index is 12.2. The summed E-state index contributed by atoms with van der Waals surface area (Å²) < 4.78 is 2.05. The van der Waals surface area contributed by atoms with Crippen molar-refractivity contribution in [3.05, 3.63) is 39.8 Å². The van der Waals surface area contributed by atoms with Crippen LogP contribution >= 0.6 is 34.7 Å². The van der Waals surface area contributed by atoms with Crippen molar-refractivity contribution in [1.82, 2.24) is 19.7 Å². The summed E-state index contributed by atoms with van der Waals surface area (Å²) in [4.78, 5) is 17.4. The van der Waals surface area contributed by atoms with Gasteiger partial charge in [0.05, 0.1) is 11.4 Å². The van der Waals surface area contributed by atoms with E-state index in [-0.39, 0.29) is 22.9 Å². The van der Waals surface area contributed by atoms with Crippen molar-refractivity contribution in [2.75, 3.05) is 11.1 Å². The number of carbonyl (C=O) groups is 1. The van der Waals surface area contributed by atoms with E-state index in [2.05, 4.69) is 57.3 Å². The monoisotopic (exact) mass is 407 g/mol. The fraction of sp³-hybridized carbons (Fsp3) is 0.294. The molecule has 0 saturated heterocycles. The van der Waals surface area contributed by atoms with E-state index in [1.165, 1.54) is 16.6 Å². The number of aromatic nitrogens is 4. The molecule has 26 heavy (non-hydrogen) atoms. The fourth-order valence-electron chi connectivity index (χ4n) is 2.39. The third kappa shape index (κ3) is 4.25. The summed E-state index contributed by atoms with van der Waals surface area (Å²) in [5.41, 5.74) is 1.55. The number of anilines is 1. The zero-order valence-corrected chi connectivity index (χ0v) is 17.0. The van der Waals surface area contributed by atoms with Gasteiger partial charge in [-0.05, 0) is 39.0 Å². The van der Waals surface area contributed by atoms with Crippen molar-refractivity contribution in [1.29, 1.82) is 0 Å². The van der Waals surface area contributed by atoms with Crippen LogP contribution in [0.3, 0.4) is 0 Å². The van der Waals surface area contributed by atoms with Crippen molar-refractivity contribution < 1.29 is 4.79 Å². The normalized spacial score (nSPS) is 11.1. The van der Waals surface area contributed by atoms with Gasteiger partial charge in [-0.1, -0.05) is 23.4 Å². The molecule has 136 valence electrons. The number of pyridine rings is 1. The zero-order valence-electron chi connectivity index (χ0n) is 14.6. The third-order valence-electron chi connectivity index (χ3n) is 3.54. The second-order valence-electron chi connectivity index (χ2n) is 5.89. The first-order chi connectivity index (χ1) is 12.5. The van der Waals surface area contributed by atoms with Crippen LogP contribution in [-0.2, 0) is 4.79 Å². The number of thiophene rings is 1. The first-order valence-corrected chi connectivity index (χ1v) is 10.2. The van der Waals surface area contributed by atoms with Crippen LogP contribution in [-0.4, -0.2) is 31.4 Å². The van der Waals surface area contributed by atoms with Gasteiger partial charge >= 0.3 is 0 Å². The van der Waals surface area contributed by atoms with Crippen molar-refractivity contribution in [2.45, 2.75) is 32.0 Å². The molecule has 3 heterocycles. The van der Waals surface area contributed by atoms with Crippen molar-refractivity contribution in [2.24, 2.45) is 0 Å².